The van der Waals surface area contributed by atoms with Gasteiger partial charge in [0.1, 0.15) is 0 Å². The van der Waals surface area contributed by atoms with Gasteiger partial charge in [-0.3, -0.25) is 4.79 Å². The summed E-state index contributed by atoms with van der Waals surface area (Å²) >= 11 is 0. The highest BCUT2D eigenvalue weighted by atomic mass is 19.1. The Balaban J connectivity index is 1.63. The SMILES string of the molecule is COc1ccc(C(=O)COC(=O)c2ccc3c(c2)OCO3)cc1F. The maximum atomic E-state index is 13.6. The zero-order valence-electron chi connectivity index (χ0n) is 12.7. The summed E-state index contributed by atoms with van der Waals surface area (Å²) in [5, 5.41) is 0. The van der Waals surface area contributed by atoms with Crippen molar-refractivity contribution in [2.24, 2.45) is 0 Å². The highest BCUT2D eigenvalue weighted by Crippen LogP contribution is 2.32. The smallest absolute Gasteiger partial charge is 0.338 e. The Hall–Kier alpha value is -3.09. The zero-order chi connectivity index (χ0) is 17.1. The van der Waals surface area contributed by atoms with Gasteiger partial charge in [0.2, 0.25) is 6.79 Å². The first kappa shape index (κ1) is 15.8. The summed E-state index contributed by atoms with van der Waals surface area (Å²) < 4.78 is 33.6. The van der Waals surface area contributed by atoms with Crippen LogP contribution in [-0.2, 0) is 4.74 Å². The van der Waals surface area contributed by atoms with E-state index < -0.39 is 24.2 Å². The summed E-state index contributed by atoms with van der Waals surface area (Å²) in [4.78, 5) is 24.0. The standard InChI is InChI=1S/C17H13FO6/c1-21-14-4-2-10(6-12(14)18)13(19)8-22-17(20)11-3-5-15-16(7-11)24-9-23-15/h2-7H,8-9H2,1H3. The Kier molecular flexibility index (Phi) is 4.33. The fourth-order valence-corrected chi connectivity index (χ4v) is 2.16. The number of carbonyl (C=O) groups is 2. The van der Waals surface area contributed by atoms with Gasteiger partial charge in [-0.05, 0) is 36.4 Å². The molecule has 1 aliphatic heterocycles. The molecule has 0 saturated carbocycles. The largest absolute Gasteiger partial charge is 0.494 e. The minimum atomic E-state index is -0.685. The fourth-order valence-electron chi connectivity index (χ4n) is 2.16. The van der Waals surface area contributed by atoms with Crippen molar-refractivity contribution in [3.8, 4) is 17.2 Å². The van der Waals surface area contributed by atoms with Crippen molar-refractivity contribution in [3.05, 3.63) is 53.3 Å². The second kappa shape index (κ2) is 6.57. The van der Waals surface area contributed by atoms with Crippen LogP contribution in [-0.4, -0.2) is 32.3 Å². The van der Waals surface area contributed by atoms with E-state index in [0.717, 1.165) is 6.07 Å². The summed E-state index contributed by atoms with van der Waals surface area (Å²) in [5.41, 5.74) is 0.319. The number of benzene rings is 2. The molecule has 0 N–H and O–H groups in total. The number of halogens is 1. The number of ether oxygens (including phenoxy) is 4. The van der Waals surface area contributed by atoms with Gasteiger partial charge in [0.15, 0.2) is 35.5 Å². The summed E-state index contributed by atoms with van der Waals surface area (Å²) in [6, 6.07) is 8.34. The van der Waals surface area contributed by atoms with E-state index in [-0.39, 0.29) is 23.7 Å². The molecule has 0 spiro atoms. The lowest BCUT2D eigenvalue weighted by Gasteiger charge is -2.06. The first-order valence-corrected chi connectivity index (χ1v) is 7.02. The highest BCUT2D eigenvalue weighted by molar-refractivity contribution is 5.99. The number of hydrogen-bond acceptors (Lipinski definition) is 6. The molecule has 0 amide bonds. The van der Waals surface area contributed by atoms with E-state index >= 15 is 0 Å². The molecule has 0 bridgehead atoms. The van der Waals surface area contributed by atoms with Crippen LogP contribution in [0.25, 0.3) is 0 Å². The number of Topliss-reactive ketones (excluding diaryl/α,β-unsaturated/α-hetero) is 1. The predicted octanol–water partition coefficient (Wildman–Crippen LogP) is 2.60. The lowest BCUT2D eigenvalue weighted by atomic mass is 10.1. The van der Waals surface area contributed by atoms with E-state index in [1.54, 1.807) is 6.07 Å². The van der Waals surface area contributed by atoms with Gasteiger partial charge in [0, 0.05) is 5.56 Å². The third kappa shape index (κ3) is 3.15. The van der Waals surface area contributed by atoms with E-state index in [2.05, 4.69) is 0 Å². The van der Waals surface area contributed by atoms with E-state index in [4.69, 9.17) is 18.9 Å². The van der Waals surface area contributed by atoms with Gasteiger partial charge in [-0.25, -0.2) is 9.18 Å². The van der Waals surface area contributed by atoms with Gasteiger partial charge in [-0.15, -0.1) is 0 Å². The molecule has 0 fully saturated rings. The van der Waals surface area contributed by atoms with E-state index in [0.29, 0.717) is 11.5 Å². The molecule has 0 saturated heterocycles. The number of ketones is 1. The third-order valence-electron chi connectivity index (χ3n) is 3.42. The Bertz CT molecular complexity index is 802. The minimum Gasteiger partial charge on any atom is -0.494 e. The van der Waals surface area contributed by atoms with Crippen molar-refractivity contribution in [2.75, 3.05) is 20.5 Å². The van der Waals surface area contributed by atoms with Gasteiger partial charge < -0.3 is 18.9 Å². The average molecular weight is 332 g/mol. The van der Waals surface area contributed by atoms with Crippen LogP contribution in [0.2, 0.25) is 0 Å². The molecule has 2 aromatic carbocycles. The van der Waals surface area contributed by atoms with Crippen molar-refractivity contribution in [3.63, 3.8) is 0 Å². The van der Waals surface area contributed by atoms with Gasteiger partial charge in [-0.2, -0.15) is 0 Å². The average Bonchev–Trinajstić information content (AvgIpc) is 3.06. The molecule has 3 rings (SSSR count). The molecule has 0 atom stereocenters. The topological polar surface area (TPSA) is 71.1 Å². The van der Waals surface area contributed by atoms with Crippen molar-refractivity contribution >= 4 is 11.8 Å². The van der Waals surface area contributed by atoms with E-state index in [1.807, 2.05) is 0 Å². The van der Waals surface area contributed by atoms with E-state index in [1.165, 1.54) is 31.4 Å². The summed E-state index contributed by atoms with van der Waals surface area (Å²) in [5.74, 6) is -0.861. The third-order valence-corrected chi connectivity index (χ3v) is 3.42. The maximum absolute atomic E-state index is 13.6. The molecule has 2 aromatic rings. The van der Waals surface area contributed by atoms with Crippen LogP contribution in [0.15, 0.2) is 36.4 Å². The van der Waals surface area contributed by atoms with Crippen LogP contribution < -0.4 is 14.2 Å². The minimum absolute atomic E-state index is 0.0314. The molecular weight excluding hydrogens is 319 g/mol. The van der Waals surface area contributed by atoms with Gasteiger partial charge >= 0.3 is 5.97 Å². The first-order valence-electron chi connectivity index (χ1n) is 7.02. The van der Waals surface area contributed by atoms with E-state index in [9.17, 15) is 14.0 Å². The molecule has 0 unspecified atom stereocenters. The molecule has 1 heterocycles. The zero-order valence-corrected chi connectivity index (χ0v) is 12.7. The molecular formula is C17H13FO6. The predicted molar refractivity (Wildman–Crippen MR) is 80.1 cm³/mol. The maximum Gasteiger partial charge on any atom is 0.338 e. The van der Waals surface area contributed by atoms with Crippen molar-refractivity contribution in [1.29, 1.82) is 0 Å². The van der Waals surface area contributed by atoms with Crippen molar-refractivity contribution < 1.29 is 32.9 Å². The number of fused-ring (bicyclic) bond motifs is 1. The second-order valence-electron chi connectivity index (χ2n) is 4.92. The van der Waals surface area contributed by atoms with Crippen LogP contribution in [0.1, 0.15) is 20.7 Å². The number of carbonyl (C=O) groups excluding carboxylic acids is 2. The lowest BCUT2D eigenvalue weighted by molar-refractivity contribution is 0.0474. The molecule has 7 heteroatoms. The van der Waals surface area contributed by atoms with Crippen LogP contribution in [0.5, 0.6) is 17.2 Å². The molecule has 6 nitrogen and oxygen atoms in total. The Morgan fingerprint density at radius 3 is 2.58 bits per heavy atom. The molecule has 0 aromatic heterocycles. The first-order chi connectivity index (χ1) is 11.6. The Morgan fingerprint density at radius 1 is 1.08 bits per heavy atom. The normalized spacial score (nSPS) is 11.9. The van der Waals surface area contributed by atoms with Crippen LogP contribution in [0, 0.1) is 5.82 Å². The highest BCUT2D eigenvalue weighted by Gasteiger charge is 2.18. The van der Waals surface area contributed by atoms with Crippen LogP contribution >= 0.6 is 0 Å². The monoisotopic (exact) mass is 332 g/mol. The quantitative estimate of drug-likeness (QED) is 0.619. The summed E-state index contributed by atoms with van der Waals surface area (Å²) in [6.07, 6.45) is 0. The Morgan fingerprint density at radius 2 is 1.83 bits per heavy atom. The number of rotatable bonds is 5. The fraction of sp³-hybridized carbons (Fsp3) is 0.176. The summed E-state index contributed by atoms with van der Waals surface area (Å²) in [6.45, 7) is -0.408. The number of esters is 1. The Labute approximate surface area is 136 Å². The number of methoxy groups -OCH3 is 1. The number of hydrogen-bond donors (Lipinski definition) is 0. The molecule has 0 aliphatic carbocycles. The van der Waals surface area contributed by atoms with Gasteiger partial charge in [-0.1, -0.05) is 0 Å². The van der Waals surface area contributed by atoms with Gasteiger partial charge in [0.05, 0.1) is 12.7 Å². The second-order valence-corrected chi connectivity index (χ2v) is 4.92. The van der Waals surface area contributed by atoms with Crippen molar-refractivity contribution in [1.82, 2.24) is 0 Å². The van der Waals surface area contributed by atoms with Crippen molar-refractivity contribution in [2.45, 2.75) is 0 Å². The van der Waals surface area contributed by atoms with Gasteiger partial charge in [0.25, 0.3) is 0 Å². The summed E-state index contributed by atoms with van der Waals surface area (Å²) in [7, 11) is 1.33. The molecule has 0 radical (unpaired) electrons. The molecule has 1 aliphatic rings. The van der Waals surface area contributed by atoms with Crippen LogP contribution in [0.4, 0.5) is 4.39 Å². The lowest BCUT2D eigenvalue weighted by Crippen LogP contribution is -2.14. The van der Waals surface area contributed by atoms with Crippen LogP contribution in [0.3, 0.4) is 0 Å². The molecule has 124 valence electrons. The molecule has 24 heavy (non-hydrogen) atoms.